The SMILES string of the molecule is CCc1ccc(S(=O)(=O)NCC(O)c2cccc3ccccc23)cc1. The third-order valence-corrected chi connectivity index (χ3v) is 5.73. The monoisotopic (exact) mass is 355 g/mol. The van der Waals surface area contributed by atoms with Crippen molar-refractivity contribution < 1.29 is 13.5 Å². The molecular formula is C20H21NO3S. The highest BCUT2D eigenvalue weighted by Crippen LogP contribution is 2.24. The Balaban J connectivity index is 1.77. The van der Waals surface area contributed by atoms with Gasteiger partial charge in [-0.25, -0.2) is 13.1 Å². The summed E-state index contributed by atoms with van der Waals surface area (Å²) in [4.78, 5) is 0.204. The van der Waals surface area contributed by atoms with Gasteiger partial charge in [0.15, 0.2) is 0 Å². The molecule has 0 heterocycles. The van der Waals surface area contributed by atoms with Crippen LogP contribution in [0.2, 0.25) is 0 Å². The quantitative estimate of drug-likeness (QED) is 0.712. The van der Waals surface area contributed by atoms with Gasteiger partial charge >= 0.3 is 0 Å². The van der Waals surface area contributed by atoms with Gasteiger partial charge in [-0.2, -0.15) is 0 Å². The number of rotatable bonds is 6. The maximum atomic E-state index is 12.4. The second-order valence-electron chi connectivity index (χ2n) is 5.93. The fourth-order valence-corrected chi connectivity index (χ4v) is 3.87. The van der Waals surface area contributed by atoms with Crippen molar-refractivity contribution >= 4 is 20.8 Å². The van der Waals surface area contributed by atoms with Gasteiger partial charge in [0.2, 0.25) is 10.0 Å². The summed E-state index contributed by atoms with van der Waals surface area (Å²) in [6, 6.07) is 20.1. The molecule has 0 amide bonds. The lowest BCUT2D eigenvalue weighted by molar-refractivity contribution is 0.183. The van der Waals surface area contributed by atoms with Gasteiger partial charge in [-0.3, -0.25) is 0 Å². The molecule has 3 aromatic rings. The van der Waals surface area contributed by atoms with Crippen LogP contribution >= 0.6 is 0 Å². The first kappa shape index (κ1) is 17.6. The lowest BCUT2D eigenvalue weighted by atomic mass is 10.0. The van der Waals surface area contributed by atoms with Crippen LogP contribution in [0.25, 0.3) is 10.8 Å². The zero-order valence-electron chi connectivity index (χ0n) is 14.0. The summed E-state index contributed by atoms with van der Waals surface area (Å²) >= 11 is 0. The first-order valence-electron chi connectivity index (χ1n) is 8.25. The van der Waals surface area contributed by atoms with E-state index in [0.717, 1.165) is 22.8 Å². The van der Waals surface area contributed by atoms with Crippen LogP contribution in [0.15, 0.2) is 71.6 Å². The largest absolute Gasteiger partial charge is 0.387 e. The van der Waals surface area contributed by atoms with Crippen molar-refractivity contribution in [2.24, 2.45) is 0 Å². The molecule has 3 rings (SSSR count). The fourth-order valence-electron chi connectivity index (χ4n) is 2.83. The Hall–Kier alpha value is -2.21. The molecular weight excluding hydrogens is 334 g/mol. The summed E-state index contributed by atoms with van der Waals surface area (Å²) in [5, 5.41) is 12.4. The molecule has 0 bridgehead atoms. The van der Waals surface area contributed by atoms with E-state index in [1.54, 1.807) is 24.3 Å². The predicted molar refractivity (Wildman–Crippen MR) is 99.9 cm³/mol. The van der Waals surface area contributed by atoms with Crippen LogP contribution in [0.1, 0.15) is 24.2 Å². The van der Waals surface area contributed by atoms with Gasteiger partial charge in [-0.1, -0.05) is 61.5 Å². The Bertz CT molecular complexity index is 960. The number of sulfonamides is 1. The fraction of sp³-hybridized carbons (Fsp3) is 0.200. The van der Waals surface area contributed by atoms with E-state index in [9.17, 15) is 13.5 Å². The topological polar surface area (TPSA) is 66.4 Å². The number of aryl methyl sites for hydroxylation is 1. The summed E-state index contributed by atoms with van der Waals surface area (Å²) in [6.45, 7) is 1.94. The molecule has 0 aliphatic heterocycles. The summed E-state index contributed by atoms with van der Waals surface area (Å²) in [6.07, 6.45) is -0.0659. The maximum absolute atomic E-state index is 12.4. The number of aliphatic hydroxyl groups excluding tert-OH is 1. The van der Waals surface area contributed by atoms with Crippen LogP contribution in [0.3, 0.4) is 0 Å². The third-order valence-electron chi connectivity index (χ3n) is 4.29. The Morgan fingerprint density at radius 1 is 0.960 bits per heavy atom. The van der Waals surface area contributed by atoms with Crippen LogP contribution in [-0.4, -0.2) is 20.1 Å². The molecule has 0 spiro atoms. The molecule has 0 fully saturated rings. The zero-order valence-corrected chi connectivity index (χ0v) is 14.8. The molecule has 0 aliphatic carbocycles. The van der Waals surface area contributed by atoms with Gasteiger partial charge in [0.25, 0.3) is 0 Å². The van der Waals surface area contributed by atoms with Gasteiger partial charge in [0.1, 0.15) is 0 Å². The molecule has 3 aromatic carbocycles. The first-order chi connectivity index (χ1) is 12.0. The smallest absolute Gasteiger partial charge is 0.240 e. The molecule has 25 heavy (non-hydrogen) atoms. The summed E-state index contributed by atoms with van der Waals surface area (Å²) < 4.78 is 27.3. The summed E-state index contributed by atoms with van der Waals surface area (Å²) in [7, 11) is -3.65. The Morgan fingerprint density at radius 2 is 1.64 bits per heavy atom. The second-order valence-corrected chi connectivity index (χ2v) is 7.70. The minimum absolute atomic E-state index is 0.0775. The van der Waals surface area contributed by atoms with Crippen LogP contribution in [0.5, 0.6) is 0 Å². The van der Waals surface area contributed by atoms with Crippen molar-refractivity contribution in [2.75, 3.05) is 6.54 Å². The lowest BCUT2D eigenvalue weighted by Crippen LogP contribution is -2.28. The molecule has 2 N–H and O–H groups in total. The number of fused-ring (bicyclic) bond motifs is 1. The van der Waals surface area contributed by atoms with E-state index in [1.807, 2.05) is 49.4 Å². The molecule has 0 saturated carbocycles. The Morgan fingerprint density at radius 3 is 2.36 bits per heavy atom. The van der Waals surface area contributed by atoms with E-state index in [2.05, 4.69) is 4.72 Å². The highest BCUT2D eigenvalue weighted by molar-refractivity contribution is 7.89. The molecule has 130 valence electrons. The standard InChI is InChI=1S/C20H21NO3S/c1-2-15-10-12-17(13-11-15)25(23,24)21-14-20(22)19-9-5-7-16-6-3-4-8-18(16)19/h3-13,20-22H,2,14H2,1H3. The predicted octanol–water partition coefficient (Wildman–Crippen LogP) is 3.41. The van der Waals surface area contributed by atoms with E-state index in [0.29, 0.717) is 5.56 Å². The minimum Gasteiger partial charge on any atom is -0.387 e. The minimum atomic E-state index is -3.65. The maximum Gasteiger partial charge on any atom is 0.240 e. The molecule has 0 aliphatic rings. The van der Waals surface area contributed by atoms with E-state index in [-0.39, 0.29) is 11.4 Å². The average Bonchev–Trinajstić information content (AvgIpc) is 2.65. The Labute approximate surface area is 148 Å². The number of nitrogens with one attached hydrogen (secondary N) is 1. The first-order valence-corrected chi connectivity index (χ1v) is 9.74. The molecule has 1 atom stereocenters. The summed E-state index contributed by atoms with van der Waals surface area (Å²) in [5.41, 5.74) is 1.79. The van der Waals surface area contributed by atoms with E-state index in [1.165, 1.54) is 0 Å². The molecule has 0 aromatic heterocycles. The van der Waals surface area contributed by atoms with Crippen molar-refractivity contribution in [3.05, 3.63) is 77.9 Å². The van der Waals surface area contributed by atoms with Crippen molar-refractivity contribution in [1.82, 2.24) is 4.72 Å². The van der Waals surface area contributed by atoms with Gasteiger partial charge in [-0.05, 0) is 40.5 Å². The highest BCUT2D eigenvalue weighted by atomic mass is 32.2. The van der Waals surface area contributed by atoms with Crippen molar-refractivity contribution in [2.45, 2.75) is 24.3 Å². The van der Waals surface area contributed by atoms with Crippen LogP contribution in [0.4, 0.5) is 0 Å². The normalized spacial score (nSPS) is 13.0. The third kappa shape index (κ3) is 3.90. The van der Waals surface area contributed by atoms with E-state index in [4.69, 9.17) is 0 Å². The molecule has 0 radical (unpaired) electrons. The number of hydrogen-bond acceptors (Lipinski definition) is 3. The van der Waals surface area contributed by atoms with Crippen LogP contribution in [-0.2, 0) is 16.4 Å². The Kier molecular flexibility index (Phi) is 5.18. The van der Waals surface area contributed by atoms with Gasteiger partial charge < -0.3 is 5.11 Å². The molecule has 1 unspecified atom stereocenters. The highest BCUT2D eigenvalue weighted by Gasteiger charge is 2.17. The molecule has 0 saturated heterocycles. The van der Waals surface area contributed by atoms with Gasteiger partial charge in [0.05, 0.1) is 11.0 Å². The van der Waals surface area contributed by atoms with Crippen molar-refractivity contribution in [3.63, 3.8) is 0 Å². The number of aliphatic hydroxyl groups is 1. The second kappa shape index (κ2) is 7.35. The molecule has 4 nitrogen and oxygen atoms in total. The molecule has 5 heteroatoms. The zero-order chi connectivity index (χ0) is 17.9. The van der Waals surface area contributed by atoms with Gasteiger partial charge in [0, 0.05) is 6.54 Å². The number of benzene rings is 3. The van der Waals surface area contributed by atoms with Crippen LogP contribution in [0, 0.1) is 0 Å². The lowest BCUT2D eigenvalue weighted by Gasteiger charge is -2.15. The van der Waals surface area contributed by atoms with Crippen molar-refractivity contribution in [1.29, 1.82) is 0 Å². The van der Waals surface area contributed by atoms with Crippen LogP contribution < -0.4 is 4.72 Å². The van der Waals surface area contributed by atoms with E-state index < -0.39 is 16.1 Å². The number of hydrogen-bond donors (Lipinski definition) is 2. The average molecular weight is 355 g/mol. The van der Waals surface area contributed by atoms with Gasteiger partial charge in [-0.15, -0.1) is 0 Å². The van der Waals surface area contributed by atoms with Crippen molar-refractivity contribution in [3.8, 4) is 0 Å². The van der Waals surface area contributed by atoms with E-state index >= 15 is 0 Å². The summed E-state index contributed by atoms with van der Waals surface area (Å²) in [5.74, 6) is 0.